The van der Waals surface area contributed by atoms with Crippen LogP contribution in [0.3, 0.4) is 0 Å². The first-order valence-corrected chi connectivity index (χ1v) is 6.79. The Morgan fingerprint density at radius 3 is 2.82 bits per heavy atom. The van der Waals surface area contributed by atoms with E-state index in [9.17, 15) is 0 Å². The number of aryl methyl sites for hydroxylation is 2. The summed E-state index contributed by atoms with van der Waals surface area (Å²) in [5, 5.41) is 3.09. The summed E-state index contributed by atoms with van der Waals surface area (Å²) < 4.78 is 0. The van der Waals surface area contributed by atoms with Crippen LogP contribution in [0.5, 0.6) is 0 Å². The predicted octanol–water partition coefficient (Wildman–Crippen LogP) is 4.11. The lowest BCUT2D eigenvalue weighted by Gasteiger charge is -2.05. The molecule has 2 aromatic rings. The third-order valence-electron chi connectivity index (χ3n) is 2.76. The molecule has 2 aromatic heterocycles. The molecule has 0 aliphatic carbocycles. The van der Waals surface area contributed by atoms with Crippen LogP contribution in [0.1, 0.15) is 23.8 Å². The predicted molar refractivity (Wildman–Crippen MR) is 75.8 cm³/mol. The number of hydrogen-bond donors (Lipinski definition) is 1. The van der Waals surface area contributed by atoms with E-state index in [0.717, 1.165) is 5.82 Å². The first-order chi connectivity index (χ1) is 8.24. The van der Waals surface area contributed by atoms with Gasteiger partial charge in [0.2, 0.25) is 0 Å². The summed E-state index contributed by atoms with van der Waals surface area (Å²) >= 11 is 1.87. The van der Waals surface area contributed by atoms with Crippen LogP contribution in [0, 0.1) is 6.92 Å². The van der Waals surface area contributed by atoms with Crippen molar-refractivity contribution < 1.29 is 0 Å². The van der Waals surface area contributed by atoms with Crippen LogP contribution in [0.2, 0.25) is 0 Å². The van der Waals surface area contributed by atoms with Gasteiger partial charge >= 0.3 is 0 Å². The highest BCUT2D eigenvalue weighted by Gasteiger charge is 2.05. The van der Waals surface area contributed by atoms with Crippen LogP contribution in [0.15, 0.2) is 24.4 Å². The maximum atomic E-state index is 4.42. The van der Waals surface area contributed by atoms with Crippen LogP contribution in [0.25, 0.3) is 10.4 Å². The number of thiophene rings is 1. The summed E-state index contributed by atoms with van der Waals surface area (Å²) in [5.41, 5.74) is 2.41. The van der Waals surface area contributed by atoms with Crippen molar-refractivity contribution in [1.82, 2.24) is 4.98 Å². The summed E-state index contributed by atoms with van der Waals surface area (Å²) in [7, 11) is 1.90. The van der Waals surface area contributed by atoms with Crippen molar-refractivity contribution in [3.8, 4) is 10.4 Å². The Kier molecular flexibility index (Phi) is 3.79. The highest BCUT2D eigenvalue weighted by molar-refractivity contribution is 7.15. The van der Waals surface area contributed by atoms with E-state index in [1.54, 1.807) is 0 Å². The maximum Gasteiger partial charge on any atom is 0.128 e. The van der Waals surface area contributed by atoms with Crippen LogP contribution in [-0.2, 0) is 6.42 Å². The Morgan fingerprint density at radius 1 is 1.35 bits per heavy atom. The third-order valence-corrected chi connectivity index (χ3v) is 3.95. The zero-order valence-corrected chi connectivity index (χ0v) is 11.4. The monoisotopic (exact) mass is 246 g/mol. The van der Waals surface area contributed by atoms with Crippen molar-refractivity contribution in [2.24, 2.45) is 0 Å². The van der Waals surface area contributed by atoms with Gasteiger partial charge in [0, 0.05) is 28.6 Å². The van der Waals surface area contributed by atoms with E-state index < -0.39 is 0 Å². The first kappa shape index (κ1) is 12.1. The fourth-order valence-electron chi connectivity index (χ4n) is 1.89. The van der Waals surface area contributed by atoms with Gasteiger partial charge in [0.05, 0.1) is 0 Å². The van der Waals surface area contributed by atoms with Crippen molar-refractivity contribution in [1.29, 1.82) is 0 Å². The Hall–Kier alpha value is -1.35. The van der Waals surface area contributed by atoms with Gasteiger partial charge in [-0.05, 0) is 37.1 Å². The average Bonchev–Trinajstić information content (AvgIpc) is 2.78. The smallest absolute Gasteiger partial charge is 0.128 e. The molecule has 0 saturated heterocycles. The van der Waals surface area contributed by atoms with Gasteiger partial charge in [0.15, 0.2) is 0 Å². The average molecular weight is 246 g/mol. The maximum absolute atomic E-state index is 4.42. The molecule has 2 nitrogen and oxygen atoms in total. The molecule has 1 N–H and O–H groups in total. The molecule has 90 valence electrons. The minimum Gasteiger partial charge on any atom is -0.373 e. The molecule has 2 heterocycles. The van der Waals surface area contributed by atoms with Gasteiger partial charge in [-0.3, -0.25) is 0 Å². The number of aromatic nitrogens is 1. The van der Waals surface area contributed by atoms with Crippen molar-refractivity contribution >= 4 is 17.2 Å². The lowest BCUT2D eigenvalue weighted by Crippen LogP contribution is -1.95. The van der Waals surface area contributed by atoms with E-state index in [2.05, 4.69) is 42.3 Å². The Labute approximate surface area is 107 Å². The Balaban J connectivity index is 2.29. The van der Waals surface area contributed by atoms with Gasteiger partial charge in [0.25, 0.3) is 0 Å². The molecule has 0 spiro atoms. The Bertz CT molecular complexity index is 503. The molecule has 0 aromatic carbocycles. The third kappa shape index (κ3) is 2.67. The van der Waals surface area contributed by atoms with Gasteiger partial charge in [-0.15, -0.1) is 11.3 Å². The highest BCUT2D eigenvalue weighted by atomic mass is 32.1. The van der Waals surface area contributed by atoms with Gasteiger partial charge in [-0.2, -0.15) is 0 Å². The van der Waals surface area contributed by atoms with Crippen molar-refractivity contribution in [3.05, 3.63) is 34.8 Å². The molecular formula is C14H18N2S. The molecule has 0 unspecified atom stereocenters. The SMILES string of the molecule is CCCc1ccc(-c2cnc(NC)c(C)c2)s1. The quantitative estimate of drug-likeness (QED) is 0.878. The molecule has 0 saturated carbocycles. The van der Waals surface area contributed by atoms with Crippen molar-refractivity contribution in [3.63, 3.8) is 0 Å². The number of hydrogen-bond acceptors (Lipinski definition) is 3. The second-order valence-electron chi connectivity index (χ2n) is 4.16. The summed E-state index contributed by atoms with van der Waals surface area (Å²) in [4.78, 5) is 7.19. The molecule has 17 heavy (non-hydrogen) atoms. The van der Waals surface area contributed by atoms with E-state index in [0.29, 0.717) is 0 Å². The molecule has 0 bridgehead atoms. The minimum atomic E-state index is 0.957. The second kappa shape index (κ2) is 5.32. The van der Waals surface area contributed by atoms with E-state index in [-0.39, 0.29) is 0 Å². The number of nitrogens with one attached hydrogen (secondary N) is 1. The standard InChI is InChI=1S/C14H18N2S/c1-4-5-12-6-7-13(17-12)11-8-10(2)14(15-3)16-9-11/h6-9H,4-5H2,1-3H3,(H,15,16). The molecule has 3 heteroatoms. The van der Waals surface area contributed by atoms with E-state index in [1.807, 2.05) is 24.6 Å². The van der Waals surface area contributed by atoms with Crippen LogP contribution in [-0.4, -0.2) is 12.0 Å². The lowest BCUT2D eigenvalue weighted by atomic mass is 10.2. The molecule has 0 radical (unpaired) electrons. The number of anilines is 1. The van der Waals surface area contributed by atoms with E-state index in [1.165, 1.54) is 33.7 Å². The van der Waals surface area contributed by atoms with Crippen LogP contribution < -0.4 is 5.32 Å². The summed E-state index contributed by atoms with van der Waals surface area (Å²) in [5.74, 6) is 0.957. The number of nitrogens with zero attached hydrogens (tertiary/aromatic N) is 1. The second-order valence-corrected chi connectivity index (χ2v) is 5.32. The fourth-order valence-corrected chi connectivity index (χ4v) is 2.98. The van der Waals surface area contributed by atoms with Crippen LogP contribution >= 0.6 is 11.3 Å². The summed E-state index contributed by atoms with van der Waals surface area (Å²) in [6.07, 6.45) is 4.32. The topological polar surface area (TPSA) is 24.9 Å². The van der Waals surface area contributed by atoms with Crippen molar-refractivity contribution in [2.75, 3.05) is 12.4 Å². The zero-order chi connectivity index (χ0) is 12.3. The first-order valence-electron chi connectivity index (χ1n) is 5.98. The summed E-state index contributed by atoms with van der Waals surface area (Å²) in [6, 6.07) is 6.62. The number of pyridine rings is 1. The lowest BCUT2D eigenvalue weighted by molar-refractivity contribution is 0.940. The molecule has 2 rings (SSSR count). The molecule has 0 aliphatic heterocycles. The van der Waals surface area contributed by atoms with Gasteiger partial charge in [-0.1, -0.05) is 13.3 Å². The fraction of sp³-hybridized carbons (Fsp3) is 0.357. The minimum absolute atomic E-state index is 0.957. The normalized spacial score (nSPS) is 10.5. The number of rotatable bonds is 4. The van der Waals surface area contributed by atoms with Gasteiger partial charge in [-0.25, -0.2) is 4.98 Å². The summed E-state index contributed by atoms with van der Waals surface area (Å²) in [6.45, 7) is 4.30. The highest BCUT2D eigenvalue weighted by Crippen LogP contribution is 2.29. The van der Waals surface area contributed by atoms with Gasteiger partial charge < -0.3 is 5.32 Å². The largest absolute Gasteiger partial charge is 0.373 e. The van der Waals surface area contributed by atoms with E-state index >= 15 is 0 Å². The van der Waals surface area contributed by atoms with E-state index in [4.69, 9.17) is 0 Å². The molecular weight excluding hydrogens is 228 g/mol. The Morgan fingerprint density at radius 2 is 2.18 bits per heavy atom. The molecule has 0 atom stereocenters. The molecule has 0 fully saturated rings. The molecule has 0 aliphatic rings. The zero-order valence-electron chi connectivity index (χ0n) is 10.6. The molecule has 0 amide bonds. The van der Waals surface area contributed by atoms with Crippen molar-refractivity contribution in [2.45, 2.75) is 26.7 Å². The van der Waals surface area contributed by atoms with Gasteiger partial charge in [0.1, 0.15) is 5.82 Å². The van der Waals surface area contributed by atoms with Crippen LogP contribution in [0.4, 0.5) is 5.82 Å².